The van der Waals surface area contributed by atoms with Gasteiger partial charge in [0.1, 0.15) is 0 Å². The maximum atomic E-state index is 5.99. The van der Waals surface area contributed by atoms with Gasteiger partial charge < -0.3 is 5.73 Å². The third-order valence-corrected chi connectivity index (χ3v) is 4.81. The first-order valence-corrected chi connectivity index (χ1v) is 7.25. The molecule has 1 heterocycles. The maximum absolute atomic E-state index is 5.99. The Morgan fingerprint density at radius 2 is 2.00 bits per heavy atom. The van der Waals surface area contributed by atoms with Gasteiger partial charge in [-0.15, -0.1) is 11.3 Å². The quantitative estimate of drug-likeness (QED) is 0.705. The number of nitrogens with zero attached hydrogens (tertiary/aromatic N) is 1. The minimum Gasteiger partial charge on any atom is -0.398 e. The Morgan fingerprint density at radius 3 is 2.83 bits per heavy atom. The number of aromatic nitrogens is 1. The number of nitrogens with two attached hydrogens (primary N) is 1. The van der Waals surface area contributed by atoms with Gasteiger partial charge in [-0.1, -0.05) is 30.0 Å². The molecular weight excluding hydrogens is 260 g/mol. The van der Waals surface area contributed by atoms with Crippen molar-refractivity contribution in [2.24, 2.45) is 0 Å². The Bertz CT molecular complexity index is 671. The van der Waals surface area contributed by atoms with Crippen LogP contribution < -0.4 is 5.73 Å². The highest BCUT2D eigenvalue weighted by molar-refractivity contribution is 8.01. The summed E-state index contributed by atoms with van der Waals surface area (Å²) < 4.78 is 2.25. The minimum absolute atomic E-state index is 0.810. The predicted octanol–water partition coefficient (Wildman–Crippen LogP) is 4.34. The molecule has 1 aromatic heterocycles. The van der Waals surface area contributed by atoms with Crippen LogP contribution in [0.25, 0.3) is 10.2 Å². The molecule has 0 amide bonds. The molecule has 0 saturated heterocycles. The van der Waals surface area contributed by atoms with Gasteiger partial charge in [0.15, 0.2) is 4.34 Å². The summed E-state index contributed by atoms with van der Waals surface area (Å²) in [5.74, 6) is 0. The van der Waals surface area contributed by atoms with E-state index in [0.717, 1.165) is 20.4 Å². The lowest BCUT2D eigenvalue weighted by atomic mass is 10.2. The van der Waals surface area contributed by atoms with E-state index in [1.54, 1.807) is 23.1 Å². The SMILES string of the molecule is Cc1ccc(N)c(Sc2nc3ccccc3s2)c1. The van der Waals surface area contributed by atoms with Crippen molar-refractivity contribution in [3.8, 4) is 0 Å². The molecule has 3 aromatic rings. The van der Waals surface area contributed by atoms with Crippen molar-refractivity contribution >= 4 is 39.0 Å². The zero-order valence-corrected chi connectivity index (χ0v) is 11.5. The molecule has 0 unspecified atom stereocenters. The predicted molar refractivity (Wildman–Crippen MR) is 79.3 cm³/mol. The Hall–Kier alpha value is -1.52. The molecule has 18 heavy (non-hydrogen) atoms. The molecule has 0 fully saturated rings. The first-order valence-electron chi connectivity index (χ1n) is 5.62. The fourth-order valence-corrected chi connectivity index (χ4v) is 3.88. The van der Waals surface area contributed by atoms with E-state index in [9.17, 15) is 0 Å². The van der Waals surface area contributed by atoms with E-state index in [1.807, 2.05) is 30.3 Å². The number of nitrogen functional groups attached to an aromatic ring is 1. The van der Waals surface area contributed by atoms with Crippen LogP contribution in [0.2, 0.25) is 0 Å². The van der Waals surface area contributed by atoms with Crippen LogP contribution >= 0.6 is 23.1 Å². The summed E-state index contributed by atoms with van der Waals surface area (Å²) in [5, 5.41) is 0. The smallest absolute Gasteiger partial charge is 0.155 e. The molecule has 0 bridgehead atoms. The van der Waals surface area contributed by atoms with Crippen LogP contribution in [-0.2, 0) is 0 Å². The van der Waals surface area contributed by atoms with Gasteiger partial charge in [-0.25, -0.2) is 4.98 Å². The summed E-state index contributed by atoms with van der Waals surface area (Å²) in [4.78, 5) is 5.68. The van der Waals surface area contributed by atoms with E-state index < -0.39 is 0 Å². The van der Waals surface area contributed by atoms with E-state index in [4.69, 9.17) is 5.73 Å². The lowest BCUT2D eigenvalue weighted by Gasteiger charge is -2.03. The molecule has 2 nitrogen and oxygen atoms in total. The second kappa shape index (κ2) is 4.63. The van der Waals surface area contributed by atoms with Gasteiger partial charge in [0.25, 0.3) is 0 Å². The number of fused-ring (bicyclic) bond motifs is 1. The summed E-state index contributed by atoms with van der Waals surface area (Å²) in [6, 6.07) is 14.3. The van der Waals surface area contributed by atoms with Gasteiger partial charge in [-0.2, -0.15) is 0 Å². The molecule has 0 saturated carbocycles. The number of aryl methyl sites for hydroxylation is 1. The first kappa shape index (κ1) is 11.6. The Labute approximate surface area is 114 Å². The summed E-state index contributed by atoms with van der Waals surface area (Å²) >= 11 is 3.34. The summed E-state index contributed by atoms with van der Waals surface area (Å²) in [6.07, 6.45) is 0. The summed E-state index contributed by atoms with van der Waals surface area (Å²) in [7, 11) is 0. The monoisotopic (exact) mass is 272 g/mol. The number of thiazole rings is 1. The number of benzene rings is 2. The van der Waals surface area contributed by atoms with E-state index in [1.165, 1.54) is 10.3 Å². The van der Waals surface area contributed by atoms with Crippen LogP contribution in [0, 0.1) is 6.92 Å². The maximum Gasteiger partial charge on any atom is 0.155 e. The molecule has 0 aliphatic carbocycles. The average molecular weight is 272 g/mol. The molecule has 2 N–H and O–H groups in total. The standard InChI is InChI=1S/C14H12N2S2/c1-9-6-7-10(15)13(8-9)18-14-16-11-4-2-3-5-12(11)17-14/h2-8H,15H2,1H3. The van der Waals surface area contributed by atoms with E-state index in [2.05, 4.69) is 24.0 Å². The Kier molecular flexibility index (Phi) is 2.97. The highest BCUT2D eigenvalue weighted by Gasteiger charge is 2.07. The molecule has 0 spiro atoms. The van der Waals surface area contributed by atoms with Crippen molar-refractivity contribution in [1.82, 2.24) is 4.98 Å². The second-order valence-corrected chi connectivity index (χ2v) is 6.41. The van der Waals surface area contributed by atoms with E-state index in [0.29, 0.717) is 0 Å². The van der Waals surface area contributed by atoms with Crippen molar-refractivity contribution in [2.45, 2.75) is 16.2 Å². The summed E-state index contributed by atoms with van der Waals surface area (Å²) in [6.45, 7) is 2.07. The van der Waals surface area contributed by atoms with Crippen molar-refractivity contribution in [1.29, 1.82) is 0 Å². The molecular formula is C14H12N2S2. The zero-order valence-electron chi connectivity index (χ0n) is 9.88. The number of hydrogen-bond acceptors (Lipinski definition) is 4. The summed E-state index contributed by atoms with van der Waals surface area (Å²) in [5.41, 5.74) is 9.07. The molecule has 0 radical (unpaired) electrons. The van der Waals surface area contributed by atoms with Gasteiger partial charge in [0.05, 0.1) is 10.2 Å². The van der Waals surface area contributed by atoms with Gasteiger partial charge >= 0.3 is 0 Å². The van der Waals surface area contributed by atoms with Crippen molar-refractivity contribution < 1.29 is 0 Å². The normalized spacial score (nSPS) is 10.9. The van der Waals surface area contributed by atoms with E-state index in [-0.39, 0.29) is 0 Å². The first-order chi connectivity index (χ1) is 8.72. The molecule has 90 valence electrons. The Balaban J connectivity index is 1.98. The zero-order chi connectivity index (χ0) is 12.5. The van der Waals surface area contributed by atoms with Gasteiger partial charge in [0, 0.05) is 10.6 Å². The van der Waals surface area contributed by atoms with Crippen LogP contribution in [-0.4, -0.2) is 4.98 Å². The van der Waals surface area contributed by atoms with E-state index >= 15 is 0 Å². The van der Waals surface area contributed by atoms with Crippen molar-refractivity contribution in [2.75, 3.05) is 5.73 Å². The highest BCUT2D eigenvalue weighted by Crippen LogP contribution is 2.37. The lowest BCUT2D eigenvalue weighted by Crippen LogP contribution is -1.88. The van der Waals surface area contributed by atoms with Crippen LogP contribution in [0.5, 0.6) is 0 Å². The van der Waals surface area contributed by atoms with Gasteiger partial charge in [-0.3, -0.25) is 0 Å². The van der Waals surface area contributed by atoms with Crippen LogP contribution in [0.3, 0.4) is 0 Å². The molecule has 4 heteroatoms. The number of hydrogen-bond donors (Lipinski definition) is 1. The third kappa shape index (κ3) is 2.21. The number of para-hydroxylation sites is 1. The fourth-order valence-electron chi connectivity index (χ4n) is 1.72. The lowest BCUT2D eigenvalue weighted by molar-refractivity contribution is 1.29. The minimum atomic E-state index is 0.810. The topological polar surface area (TPSA) is 38.9 Å². The van der Waals surface area contributed by atoms with Gasteiger partial charge in [-0.05, 0) is 36.8 Å². The molecule has 0 atom stereocenters. The molecule has 3 rings (SSSR count). The number of anilines is 1. The highest BCUT2D eigenvalue weighted by atomic mass is 32.2. The molecule has 2 aromatic carbocycles. The molecule has 0 aliphatic heterocycles. The number of rotatable bonds is 2. The molecule has 0 aliphatic rings. The van der Waals surface area contributed by atoms with Crippen molar-refractivity contribution in [3.63, 3.8) is 0 Å². The largest absolute Gasteiger partial charge is 0.398 e. The fraction of sp³-hybridized carbons (Fsp3) is 0.0714. The van der Waals surface area contributed by atoms with Gasteiger partial charge in [0.2, 0.25) is 0 Å². The third-order valence-electron chi connectivity index (χ3n) is 2.64. The van der Waals surface area contributed by atoms with Crippen molar-refractivity contribution in [3.05, 3.63) is 48.0 Å². The second-order valence-electron chi connectivity index (χ2n) is 4.09. The van der Waals surface area contributed by atoms with Crippen LogP contribution in [0.15, 0.2) is 51.7 Å². The van der Waals surface area contributed by atoms with Crippen LogP contribution in [0.1, 0.15) is 5.56 Å². The average Bonchev–Trinajstić information content (AvgIpc) is 2.76. The van der Waals surface area contributed by atoms with Crippen LogP contribution in [0.4, 0.5) is 5.69 Å². The Morgan fingerprint density at radius 1 is 1.17 bits per heavy atom.